The number of para-hydroxylation sites is 2. The van der Waals surface area contributed by atoms with Gasteiger partial charge in [-0.05, 0) is 81.3 Å². The second-order valence-corrected chi connectivity index (χ2v) is 15.8. The second-order valence-electron chi connectivity index (χ2n) is 14.6. The summed E-state index contributed by atoms with van der Waals surface area (Å²) in [6, 6.07) is 47.0. The number of thioether (sulfide) groups is 1. The van der Waals surface area contributed by atoms with E-state index < -0.39 is 0 Å². The molecule has 6 aromatic carbocycles. The molecule has 4 atom stereocenters. The zero-order valence-electron chi connectivity index (χ0n) is 29.2. The smallest absolute Gasteiger partial charge is 0.143 e. The van der Waals surface area contributed by atoms with Gasteiger partial charge in [-0.25, -0.2) is 0 Å². The van der Waals surface area contributed by atoms with Crippen molar-refractivity contribution in [1.82, 2.24) is 0 Å². The third kappa shape index (κ3) is 5.02. The topological polar surface area (TPSA) is 16.4 Å². The van der Waals surface area contributed by atoms with E-state index in [-0.39, 0.29) is 17.3 Å². The van der Waals surface area contributed by atoms with Gasteiger partial charge in [0, 0.05) is 32.8 Å². The molecule has 4 aliphatic rings. The van der Waals surface area contributed by atoms with Crippen LogP contribution in [0.2, 0.25) is 0 Å². The summed E-state index contributed by atoms with van der Waals surface area (Å²) in [4.78, 5) is 4.15. The quantitative estimate of drug-likeness (QED) is 0.178. The maximum atomic E-state index is 6.43. The molecule has 0 saturated heterocycles. The summed E-state index contributed by atoms with van der Waals surface area (Å²) < 4.78 is 6.43. The van der Waals surface area contributed by atoms with Gasteiger partial charge in [0.15, 0.2) is 0 Å². The first-order chi connectivity index (χ1) is 26.3. The van der Waals surface area contributed by atoms with Crippen LogP contribution in [0, 0.1) is 5.92 Å². The highest BCUT2D eigenvalue weighted by Gasteiger charge is 2.42. The lowest BCUT2D eigenvalue weighted by molar-refractivity contribution is 0.456. The molecule has 2 unspecified atom stereocenters. The summed E-state index contributed by atoms with van der Waals surface area (Å²) in [6.07, 6.45) is 21.2. The molecule has 11 rings (SSSR count). The van der Waals surface area contributed by atoms with E-state index in [1.807, 2.05) is 17.8 Å². The van der Waals surface area contributed by atoms with Gasteiger partial charge in [-0.2, -0.15) is 0 Å². The van der Waals surface area contributed by atoms with Gasteiger partial charge in [0.1, 0.15) is 11.2 Å². The number of rotatable bonds is 5. The van der Waals surface area contributed by atoms with Crippen LogP contribution in [0.3, 0.4) is 0 Å². The van der Waals surface area contributed by atoms with E-state index in [0.29, 0.717) is 5.92 Å². The zero-order valence-corrected chi connectivity index (χ0v) is 30.0. The van der Waals surface area contributed by atoms with Crippen LogP contribution in [-0.4, -0.2) is 17.3 Å². The summed E-state index contributed by atoms with van der Waals surface area (Å²) in [5.74, 6) is 0.448. The Morgan fingerprint density at radius 3 is 2.36 bits per heavy atom. The lowest BCUT2D eigenvalue weighted by Gasteiger charge is -2.46. The van der Waals surface area contributed by atoms with Crippen LogP contribution in [0.15, 0.2) is 191 Å². The lowest BCUT2D eigenvalue weighted by Crippen LogP contribution is -2.51. The number of hydrogen-bond acceptors (Lipinski definition) is 3. The molecule has 53 heavy (non-hydrogen) atoms. The molecular weight excluding hydrogens is 663 g/mol. The molecular formula is C50H37NOS. The highest BCUT2D eigenvalue weighted by molar-refractivity contribution is 8.01. The third-order valence-electron chi connectivity index (χ3n) is 11.7. The highest BCUT2D eigenvalue weighted by atomic mass is 32.2. The van der Waals surface area contributed by atoms with E-state index in [2.05, 4.69) is 175 Å². The zero-order chi connectivity index (χ0) is 34.9. The van der Waals surface area contributed by atoms with Gasteiger partial charge in [-0.15, -0.1) is 11.8 Å². The SMILES string of the molecule is C1=CC(N(c2ccc3cc(-c4cccc5c4oc4ccccc45)ccc3c2)[C@@H]2C=CC=C3c4cccc(-c5ccccc5)c4S[C@@H]32)C2CCC=CC2=C1. The summed E-state index contributed by atoms with van der Waals surface area (Å²) >= 11 is 2.05. The molecule has 0 N–H and O–H groups in total. The molecule has 3 heteroatoms. The van der Waals surface area contributed by atoms with Crippen LogP contribution in [0.1, 0.15) is 18.4 Å². The number of nitrogens with zero attached hydrogens (tertiary/aromatic N) is 1. The van der Waals surface area contributed by atoms with Crippen molar-refractivity contribution in [2.75, 3.05) is 4.90 Å². The average molecular weight is 700 g/mol. The van der Waals surface area contributed by atoms with Crippen molar-refractivity contribution < 1.29 is 4.42 Å². The van der Waals surface area contributed by atoms with E-state index in [1.54, 1.807) is 0 Å². The first kappa shape index (κ1) is 30.8. The van der Waals surface area contributed by atoms with Crippen LogP contribution in [0.5, 0.6) is 0 Å². The maximum Gasteiger partial charge on any atom is 0.143 e. The summed E-state index contributed by atoms with van der Waals surface area (Å²) in [5, 5.41) is 5.08. The minimum Gasteiger partial charge on any atom is -0.455 e. The van der Waals surface area contributed by atoms with Crippen LogP contribution in [-0.2, 0) is 0 Å². The van der Waals surface area contributed by atoms with Gasteiger partial charge < -0.3 is 9.32 Å². The van der Waals surface area contributed by atoms with Crippen LogP contribution >= 0.6 is 11.8 Å². The largest absolute Gasteiger partial charge is 0.455 e. The van der Waals surface area contributed by atoms with E-state index in [1.165, 1.54) is 54.8 Å². The first-order valence-electron chi connectivity index (χ1n) is 18.8. The van der Waals surface area contributed by atoms with Crippen molar-refractivity contribution >= 4 is 55.7 Å². The standard InChI is InChI=1S/C50H37NOS/c1-2-12-33(13-3-1)40-19-10-21-43-44-22-11-24-46(50(44)53-49(40)43)51(45-23-8-15-32-14-4-5-16-38(32)45)37-29-28-34-30-36(27-26-35(34)31-37)39-18-9-20-42-41-17-6-7-25-47(41)52-48(39)42/h1-4,6-15,17-31,38,45-46,50H,5,16H2/t38?,45?,46-,50+/m1/s1. The van der Waals surface area contributed by atoms with Crippen molar-refractivity contribution in [1.29, 1.82) is 0 Å². The molecule has 2 heterocycles. The van der Waals surface area contributed by atoms with Crippen molar-refractivity contribution in [3.8, 4) is 22.3 Å². The minimum absolute atomic E-state index is 0.179. The Labute approximate surface area is 314 Å². The Bertz CT molecular complexity index is 2740. The van der Waals surface area contributed by atoms with Crippen LogP contribution in [0.25, 0.3) is 60.5 Å². The fraction of sp³-hybridized carbons (Fsp3) is 0.120. The first-order valence-corrected chi connectivity index (χ1v) is 19.7. The van der Waals surface area contributed by atoms with Gasteiger partial charge in [0.2, 0.25) is 0 Å². The Balaban J connectivity index is 1.01. The molecule has 0 fully saturated rings. The minimum atomic E-state index is 0.179. The highest BCUT2D eigenvalue weighted by Crippen LogP contribution is 2.53. The predicted molar refractivity (Wildman–Crippen MR) is 224 cm³/mol. The summed E-state index contributed by atoms with van der Waals surface area (Å²) in [5.41, 5.74) is 12.3. The Kier molecular flexibility index (Phi) is 7.23. The summed E-state index contributed by atoms with van der Waals surface area (Å²) in [7, 11) is 0. The van der Waals surface area contributed by atoms with Crippen molar-refractivity contribution in [2.45, 2.75) is 35.1 Å². The normalized spacial score (nSPS) is 21.4. The predicted octanol–water partition coefficient (Wildman–Crippen LogP) is 13.2. The molecule has 0 spiro atoms. The van der Waals surface area contributed by atoms with Crippen molar-refractivity contribution in [2.24, 2.45) is 5.92 Å². The Morgan fingerprint density at radius 1 is 0.623 bits per heavy atom. The Hall–Kier alpha value is -5.77. The molecule has 0 saturated carbocycles. The number of anilines is 1. The molecule has 0 amide bonds. The molecule has 2 nitrogen and oxygen atoms in total. The molecule has 7 aromatic rings. The lowest BCUT2D eigenvalue weighted by atomic mass is 9.78. The second kappa shape index (κ2) is 12.4. The van der Waals surface area contributed by atoms with Gasteiger partial charge in [0.05, 0.1) is 17.3 Å². The number of fused-ring (bicyclic) bond motifs is 8. The fourth-order valence-corrected chi connectivity index (χ4v) is 10.8. The van der Waals surface area contributed by atoms with E-state index in [9.17, 15) is 0 Å². The summed E-state index contributed by atoms with van der Waals surface area (Å²) in [6.45, 7) is 0. The molecule has 3 aliphatic carbocycles. The van der Waals surface area contributed by atoms with E-state index in [0.717, 1.165) is 40.3 Å². The van der Waals surface area contributed by atoms with Gasteiger partial charge in [0.25, 0.3) is 0 Å². The van der Waals surface area contributed by atoms with Gasteiger partial charge in [-0.3, -0.25) is 0 Å². The van der Waals surface area contributed by atoms with Gasteiger partial charge in [-0.1, -0.05) is 152 Å². The van der Waals surface area contributed by atoms with E-state index >= 15 is 0 Å². The van der Waals surface area contributed by atoms with E-state index in [4.69, 9.17) is 4.42 Å². The van der Waals surface area contributed by atoms with Gasteiger partial charge >= 0.3 is 0 Å². The maximum absolute atomic E-state index is 6.43. The molecule has 254 valence electrons. The van der Waals surface area contributed by atoms with Crippen molar-refractivity contribution in [3.05, 3.63) is 187 Å². The van der Waals surface area contributed by atoms with Crippen LogP contribution < -0.4 is 4.90 Å². The molecule has 0 radical (unpaired) electrons. The number of furan rings is 1. The number of hydrogen-bond donors (Lipinski definition) is 0. The monoisotopic (exact) mass is 699 g/mol. The number of benzene rings is 6. The number of allylic oxidation sites excluding steroid dienone is 6. The molecule has 0 bridgehead atoms. The van der Waals surface area contributed by atoms with Crippen LogP contribution in [0.4, 0.5) is 5.69 Å². The third-order valence-corrected chi connectivity index (χ3v) is 13.2. The molecule has 1 aliphatic heterocycles. The average Bonchev–Trinajstić information content (AvgIpc) is 3.80. The molecule has 1 aromatic heterocycles. The van der Waals surface area contributed by atoms with Crippen molar-refractivity contribution in [3.63, 3.8) is 0 Å². The Morgan fingerprint density at radius 2 is 1.40 bits per heavy atom. The fourth-order valence-electron chi connectivity index (χ4n) is 9.24.